The topological polar surface area (TPSA) is 114 Å². The van der Waals surface area contributed by atoms with Gasteiger partial charge in [0.25, 0.3) is 0 Å². The molecule has 12 aromatic rings. The molecule has 0 saturated heterocycles. The number of nitriles is 4. The van der Waals surface area contributed by atoms with Crippen LogP contribution in [0.4, 0.5) is 11.4 Å². The summed E-state index contributed by atoms with van der Waals surface area (Å²) in [5.74, 6) is 0. The molecule has 74 heavy (non-hydrogen) atoms. The molecule has 0 radical (unpaired) electrons. The van der Waals surface area contributed by atoms with Crippen molar-refractivity contribution in [3.05, 3.63) is 251 Å². The lowest BCUT2D eigenvalue weighted by molar-refractivity contribution is 1.12. The maximum atomic E-state index is 11.8. The molecule has 8 heteroatoms. The average Bonchev–Trinajstić information content (AvgIpc) is 3.98. The fourth-order valence-corrected chi connectivity index (χ4v) is 10.3. The molecule has 2 heterocycles. The zero-order valence-electron chi connectivity index (χ0n) is 39.2. The second-order valence-corrected chi connectivity index (χ2v) is 18.0. The zero-order valence-corrected chi connectivity index (χ0v) is 39.2. The standard InChI is InChI=1S/C66H34N8/c1-71-54-16-6-14-47(29-54)51-20-24-63-58(33-51)59-34-52(48-15-7-17-55(30-48)72-2)21-25-64(59)74(63)66-36-53(46-13-5-10-43(28-46)39-69)35-65(60(66)40-70)73-61-22-18-49(44-11-3-8-41(26-44)37-67)31-56(61)57-32-50(19-23-62(57)73)45-12-4-9-42(27-45)38-68/h3-36H. The molecule has 10 aromatic carbocycles. The summed E-state index contributed by atoms with van der Waals surface area (Å²) in [4.78, 5) is 7.41. The monoisotopic (exact) mass is 938 g/mol. The smallest absolute Gasteiger partial charge is 0.187 e. The van der Waals surface area contributed by atoms with Crippen molar-refractivity contribution >= 4 is 55.0 Å². The number of hydrogen-bond acceptors (Lipinski definition) is 4. The van der Waals surface area contributed by atoms with Crippen LogP contribution in [0.5, 0.6) is 0 Å². The van der Waals surface area contributed by atoms with Gasteiger partial charge in [-0.2, -0.15) is 21.0 Å². The van der Waals surface area contributed by atoms with Crippen LogP contribution in [0.1, 0.15) is 22.3 Å². The van der Waals surface area contributed by atoms with E-state index < -0.39 is 0 Å². The highest BCUT2D eigenvalue weighted by molar-refractivity contribution is 6.14. The van der Waals surface area contributed by atoms with Gasteiger partial charge in [0, 0.05) is 21.5 Å². The molecule has 338 valence electrons. The number of aromatic nitrogens is 2. The van der Waals surface area contributed by atoms with E-state index in [0.717, 1.165) is 99.2 Å². The van der Waals surface area contributed by atoms with Gasteiger partial charge in [0.15, 0.2) is 11.4 Å². The molecule has 0 fully saturated rings. The summed E-state index contributed by atoms with van der Waals surface area (Å²) in [6, 6.07) is 76.4. The molecular weight excluding hydrogens is 905 g/mol. The molecule has 0 saturated carbocycles. The Morgan fingerprint density at radius 3 is 0.905 bits per heavy atom. The molecule has 0 aliphatic heterocycles. The normalized spacial score (nSPS) is 10.9. The Balaban J connectivity index is 1.18. The minimum atomic E-state index is 0.405. The van der Waals surface area contributed by atoms with Crippen molar-refractivity contribution in [2.24, 2.45) is 0 Å². The van der Waals surface area contributed by atoms with Crippen LogP contribution in [0.2, 0.25) is 0 Å². The van der Waals surface area contributed by atoms with Crippen LogP contribution in [-0.4, -0.2) is 9.13 Å². The Bertz CT molecular complexity index is 4150. The van der Waals surface area contributed by atoms with Gasteiger partial charge >= 0.3 is 0 Å². The summed E-state index contributed by atoms with van der Waals surface area (Å²) in [6.45, 7) is 15.5. The first-order chi connectivity index (χ1) is 36.4. The largest absolute Gasteiger partial charge is 0.308 e. The van der Waals surface area contributed by atoms with E-state index in [1.54, 1.807) is 30.3 Å². The molecular formula is C66H34N8. The van der Waals surface area contributed by atoms with Crippen LogP contribution in [0.3, 0.4) is 0 Å². The van der Waals surface area contributed by atoms with Gasteiger partial charge in [0.1, 0.15) is 11.6 Å². The maximum absolute atomic E-state index is 11.8. The van der Waals surface area contributed by atoms with Crippen LogP contribution in [0.15, 0.2) is 206 Å². The minimum Gasteiger partial charge on any atom is -0.308 e. The van der Waals surface area contributed by atoms with Gasteiger partial charge in [-0.3, -0.25) is 0 Å². The first-order valence-corrected chi connectivity index (χ1v) is 23.6. The first-order valence-electron chi connectivity index (χ1n) is 23.6. The van der Waals surface area contributed by atoms with Crippen molar-refractivity contribution in [3.63, 3.8) is 0 Å². The minimum absolute atomic E-state index is 0.405. The SMILES string of the molecule is [C-]#[N+]c1cccc(-c2ccc3c(c2)c2cc(-c4cccc([N+]#[C-])c4)ccc2n3-c2cc(-c3cccc(C#N)c3)cc(-n3c4ccc(-c5cccc(C#N)c5)cc4c4cc(-c5cccc(C#N)c5)ccc43)c2C#N)c1. The molecule has 12 rings (SSSR count). The van der Waals surface area contributed by atoms with Gasteiger partial charge in [-0.15, -0.1) is 0 Å². The molecule has 0 aliphatic carbocycles. The highest BCUT2D eigenvalue weighted by Crippen LogP contribution is 2.44. The molecule has 0 spiro atoms. The molecule has 0 amide bonds. The van der Waals surface area contributed by atoms with E-state index in [9.17, 15) is 21.0 Å². The number of nitrogens with zero attached hydrogens (tertiary/aromatic N) is 8. The quantitative estimate of drug-likeness (QED) is 0.148. The van der Waals surface area contributed by atoms with Crippen LogP contribution < -0.4 is 0 Å². The van der Waals surface area contributed by atoms with E-state index in [1.807, 2.05) is 115 Å². The van der Waals surface area contributed by atoms with E-state index in [0.29, 0.717) is 45.0 Å². The maximum Gasteiger partial charge on any atom is 0.187 e. The second-order valence-electron chi connectivity index (χ2n) is 18.0. The predicted molar refractivity (Wildman–Crippen MR) is 294 cm³/mol. The van der Waals surface area contributed by atoms with Crippen molar-refractivity contribution in [1.29, 1.82) is 21.0 Å². The molecule has 0 N–H and O–H groups in total. The third-order valence-corrected chi connectivity index (χ3v) is 13.8. The van der Waals surface area contributed by atoms with E-state index in [2.05, 4.69) is 104 Å². The number of hydrogen-bond donors (Lipinski definition) is 0. The second kappa shape index (κ2) is 17.9. The highest BCUT2D eigenvalue weighted by atomic mass is 15.0. The summed E-state index contributed by atoms with van der Waals surface area (Å²) in [6.07, 6.45) is 0. The highest BCUT2D eigenvalue weighted by Gasteiger charge is 2.24. The van der Waals surface area contributed by atoms with Crippen LogP contribution >= 0.6 is 0 Å². The fraction of sp³-hybridized carbons (Fsp3) is 0. The lowest BCUT2D eigenvalue weighted by Crippen LogP contribution is -2.05. The van der Waals surface area contributed by atoms with Crippen molar-refractivity contribution in [1.82, 2.24) is 9.13 Å². The Labute approximate surface area is 425 Å². The van der Waals surface area contributed by atoms with Gasteiger partial charge in [-0.25, -0.2) is 9.69 Å². The van der Waals surface area contributed by atoms with Gasteiger partial charge in [0.05, 0.1) is 81.5 Å². The average molecular weight is 939 g/mol. The third kappa shape index (κ3) is 7.44. The molecule has 2 aromatic heterocycles. The summed E-state index contributed by atoms with van der Waals surface area (Å²) in [5.41, 5.74) is 16.5. The molecule has 0 unspecified atom stereocenters. The van der Waals surface area contributed by atoms with Crippen molar-refractivity contribution < 1.29 is 0 Å². The Kier molecular flexibility index (Phi) is 10.7. The molecule has 0 bridgehead atoms. The van der Waals surface area contributed by atoms with Gasteiger partial charge in [0.2, 0.25) is 0 Å². The lowest BCUT2D eigenvalue weighted by atomic mass is 9.98. The van der Waals surface area contributed by atoms with Crippen molar-refractivity contribution in [3.8, 4) is 91.3 Å². The van der Waals surface area contributed by atoms with Crippen LogP contribution in [-0.2, 0) is 0 Å². The molecule has 0 aliphatic rings. The fourth-order valence-electron chi connectivity index (χ4n) is 10.3. The van der Waals surface area contributed by atoms with Crippen molar-refractivity contribution in [2.45, 2.75) is 0 Å². The Morgan fingerprint density at radius 2 is 0.595 bits per heavy atom. The Hall–Kier alpha value is -11.3. The zero-order chi connectivity index (χ0) is 50.5. The summed E-state index contributed by atoms with van der Waals surface area (Å²) < 4.78 is 4.30. The molecule has 8 nitrogen and oxygen atoms in total. The van der Waals surface area contributed by atoms with Gasteiger partial charge < -0.3 is 9.13 Å². The number of benzene rings is 10. The van der Waals surface area contributed by atoms with Crippen molar-refractivity contribution in [2.75, 3.05) is 0 Å². The summed E-state index contributed by atoms with van der Waals surface area (Å²) in [7, 11) is 0. The van der Waals surface area contributed by atoms with Gasteiger partial charge in [-0.1, -0.05) is 97.1 Å². The van der Waals surface area contributed by atoms with Crippen LogP contribution in [0.25, 0.3) is 120 Å². The van der Waals surface area contributed by atoms with E-state index >= 15 is 0 Å². The Morgan fingerprint density at radius 1 is 0.297 bits per heavy atom. The van der Waals surface area contributed by atoms with Crippen LogP contribution in [0, 0.1) is 58.5 Å². The first kappa shape index (κ1) is 44.0. The molecule has 0 atom stereocenters. The van der Waals surface area contributed by atoms with E-state index in [-0.39, 0.29) is 0 Å². The number of fused-ring (bicyclic) bond motifs is 6. The van der Waals surface area contributed by atoms with E-state index in [1.165, 1.54) is 0 Å². The number of rotatable bonds is 7. The predicted octanol–water partition coefficient (Wildman–Crippen LogP) is 16.8. The lowest BCUT2D eigenvalue weighted by Gasteiger charge is -2.19. The third-order valence-electron chi connectivity index (χ3n) is 13.8. The van der Waals surface area contributed by atoms with Gasteiger partial charge in [-0.05, 0) is 165 Å². The summed E-state index contributed by atoms with van der Waals surface area (Å²) in [5, 5.41) is 45.3. The van der Waals surface area contributed by atoms with E-state index in [4.69, 9.17) is 13.1 Å². The summed E-state index contributed by atoms with van der Waals surface area (Å²) >= 11 is 0.